The van der Waals surface area contributed by atoms with Gasteiger partial charge in [0.25, 0.3) is 0 Å². The molecule has 1 aliphatic rings. The van der Waals surface area contributed by atoms with E-state index in [2.05, 4.69) is 28.8 Å². The molecule has 1 aromatic heterocycles. The highest BCUT2D eigenvalue weighted by molar-refractivity contribution is 5.85. The molecule has 0 unspecified atom stereocenters. The van der Waals surface area contributed by atoms with E-state index < -0.39 is 0 Å². The predicted octanol–water partition coefficient (Wildman–Crippen LogP) is 4.64. The zero-order valence-electron chi connectivity index (χ0n) is 14.1. The van der Waals surface area contributed by atoms with Crippen LogP contribution in [0, 0.1) is 0 Å². The van der Waals surface area contributed by atoms with Crippen LogP contribution in [-0.2, 0) is 28.9 Å². The number of hydrogen-bond acceptors (Lipinski definition) is 2. The number of carbonyl (C=O) groups is 1. The lowest BCUT2D eigenvalue weighted by Crippen LogP contribution is -2.09. The molecule has 0 bridgehead atoms. The number of para-hydroxylation sites is 1. The van der Waals surface area contributed by atoms with Crippen molar-refractivity contribution >= 4 is 16.9 Å². The number of nitrogens with zero attached hydrogens (tertiary/aromatic N) is 1. The minimum absolute atomic E-state index is 0.0590. The molecule has 2 aromatic rings. The van der Waals surface area contributed by atoms with Crippen molar-refractivity contribution in [3.8, 4) is 0 Å². The Bertz CT molecular complexity index is 672. The Morgan fingerprint density at radius 3 is 2.83 bits per heavy atom. The number of esters is 1. The van der Waals surface area contributed by atoms with Gasteiger partial charge in [-0.2, -0.15) is 0 Å². The molecule has 0 fully saturated rings. The van der Waals surface area contributed by atoms with Crippen LogP contribution in [0.15, 0.2) is 24.3 Å². The van der Waals surface area contributed by atoms with E-state index in [1.807, 2.05) is 6.92 Å². The summed E-state index contributed by atoms with van der Waals surface area (Å²) in [4.78, 5) is 11.4. The van der Waals surface area contributed by atoms with Crippen LogP contribution in [0.1, 0.15) is 56.7 Å². The van der Waals surface area contributed by atoms with Crippen LogP contribution in [-0.4, -0.2) is 17.1 Å². The van der Waals surface area contributed by atoms with Gasteiger partial charge in [0.15, 0.2) is 0 Å². The van der Waals surface area contributed by atoms with Crippen LogP contribution in [0.4, 0.5) is 0 Å². The van der Waals surface area contributed by atoms with E-state index in [0.717, 1.165) is 25.8 Å². The zero-order valence-corrected chi connectivity index (χ0v) is 14.1. The van der Waals surface area contributed by atoms with Gasteiger partial charge in [-0.3, -0.25) is 4.79 Å². The van der Waals surface area contributed by atoms with Gasteiger partial charge in [0.05, 0.1) is 6.61 Å². The highest BCUT2D eigenvalue weighted by atomic mass is 16.5. The second-order valence-corrected chi connectivity index (χ2v) is 6.42. The lowest BCUT2D eigenvalue weighted by Gasteiger charge is -2.16. The third kappa shape index (κ3) is 3.60. The summed E-state index contributed by atoms with van der Waals surface area (Å²) in [6.07, 6.45) is 8.77. The standard InChI is InChI=1S/C20H27NO2/c1-2-23-20(22)14-4-3-9-15-21-18-12-7-5-10-16(18)17-11-6-8-13-19(17)21/h5,7,10,12H,2-4,6,8-9,11,13-15H2,1H3. The van der Waals surface area contributed by atoms with E-state index in [9.17, 15) is 4.79 Å². The smallest absolute Gasteiger partial charge is 0.305 e. The van der Waals surface area contributed by atoms with Crippen molar-refractivity contribution in [2.24, 2.45) is 0 Å². The van der Waals surface area contributed by atoms with Gasteiger partial charge in [-0.1, -0.05) is 24.6 Å². The quantitative estimate of drug-likeness (QED) is 0.550. The SMILES string of the molecule is CCOC(=O)CCCCCn1c2c(c3ccccc31)CCCC2. The Kier molecular flexibility index (Phi) is 5.37. The summed E-state index contributed by atoms with van der Waals surface area (Å²) in [5.41, 5.74) is 4.53. The van der Waals surface area contributed by atoms with E-state index in [-0.39, 0.29) is 5.97 Å². The van der Waals surface area contributed by atoms with Gasteiger partial charge in [0.2, 0.25) is 0 Å². The van der Waals surface area contributed by atoms with Crippen molar-refractivity contribution in [1.29, 1.82) is 0 Å². The summed E-state index contributed by atoms with van der Waals surface area (Å²) in [6.45, 7) is 3.41. The molecular weight excluding hydrogens is 286 g/mol. The molecule has 0 atom stereocenters. The molecule has 0 aliphatic heterocycles. The fourth-order valence-corrected chi connectivity index (χ4v) is 3.79. The first-order chi connectivity index (χ1) is 11.3. The van der Waals surface area contributed by atoms with Gasteiger partial charge in [0, 0.05) is 29.6 Å². The highest BCUT2D eigenvalue weighted by Gasteiger charge is 2.19. The van der Waals surface area contributed by atoms with Crippen LogP contribution in [0.5, 0.6) is 0 Å². The number of aryl methyl sites for hydroxylation is 2. The highest BCUT2D eigenvalue weighted by Crippen LogP contribution is 2.32. The van der Waals surface area contributed by atoms with Crippen LogP contribution in [0.25, 0.3) is 10.9 Å². The second kappa shape index (κ2) is 7.67. The van der Waals surface area contributed by atoms with Crippen molar-refractivity contribution in [2.75, 3.05) is 6.61 Å². The second-order valence-electron chi connectivity index (χ2n) is 6.42. The molecule has 1 aliphatic carbocycles. The predicted molar refractivity (Wildman–Crippen MR) is 93.7 cm³/mol. The first-order valence-corrected chi connectivity index (χ1v) is 9.06. The first kappa shape index (κ1) is 16.1. The van der Waals surface area contributed by atoms with Crippen molar-refractivity contribution in [2.45, 2.75) is 64.8 Å². The molecule has 0 saturated carbocycles. The average Bonchev–Trinajstić information content (AvgIpc) is 2.89. The third-order valence-corrected chi connectivity index (χ3v) is 4.85. The number of carbonyl (C=O) groups excluding carboxylic acids is 1. The van der Waals surface area contributed by atoms with Gasteiger partial charge in [-0.25, -0.2) is 0 Å². The Labute approximate surface area is 138 Å². The minimum atomic E-state index is -0.0590. The van der Waals surface area contributed by atoms with Crippen molar-refractivity contribution in [3.05, 3.63) is 35.5 Å². The van der Waals surface area contributed by atoms with E-state index in [4.69, 9.17) is 4.74 Å². The molecule has 0 N–H and O–H groups in total. The number of fused-ring (bicyclic) bond motifs is 3. The van der Waals surface area contributed by atoms with Crippen molar-refractivity contribution < 1.29 is 9.53 Å². The van der Waals surface area contributed by atoms with Crippen molar-refractivity contribution in [3.63, 3.8) is 0 Å². The summed E-state index contributed by atoms with van der Waals surface area (Å²) in [5, 5.41) is 1.45. The summed E-state index contributed by atoms with van der Waals surface area (Å²) < 4.78 is 7.52. The number of unbranched alkanes of at least 4 members (excludes halogenated alkanes) is 2. The molecule has 3 nitrogen and oxygen atoms in total. The minimum Gasteiger partial charge on any atom is -0.466 e. The Morgan fingerprint density at radius 2 is 1.96 bits per heavy atom. The van der Waals surface area contributed by atoms with E-state index in [1.165, 1.54) is 36.6 Å². The van der Waals surface area contributed by atoms with Gasteiger partial charge >= 0.3 is 5.97 Å². The van der Waals surface area contributed by atoms with E-state index >= 15 is 0 Å². The maximum absolute atomic E-state index is 11.4. The maximum atomic E-state index is 11.4. The number of ether oxygens (including phenoxy) is 1. The Morgan fingerprint density at radius 1 is 1.13 bits per heavy atom. The maximum Gasteiger partial charge on any atom is 0.305 e. The fourth-order valence-electron chi connectivity index (χ4n) is 3.79. The summed E-state index contributed by atoms with van der Waals surface area (Å²) in [5.74, 6) is -0.0590. The lowest BCUT2D eigenvalue weighted by atomic mass is 9.95. The monoisotopic (exact) mass is 313 g/mol. The van der Waals surface area contributed by atoms with Gasteiger partial charge < -0.3 is 9.30 Å². The number of benzene rings is 1. The normalized spacial score (nSPS) is 14.0. The van der Waals surface area contributed by atoms with Gasteiger partial charge in [-0.15, -0.1) is 0 Å². The molecule has 1 heterocycles. The molecule has 3 rings (SSSR count). The summed E-state index contributed by atoms with van der Waals surface area (Å²) in [6, 6.07) is 8.83. The third-order valence-electron chi connectivity index (χ3n) is 4.85. The molecule has 124 valence electrons. The van der Waals surface area contributed by atoms with Gasteiger partial charge in [0.1, 0.15) is 0 Å². The number of aromatic nitrogens is 1. The first-order valence-electron chi connectivity index (χ1n) is 9.06. The summed E-state index contributed by atoms with van der Waals surface area (Å²) in [7, 11) is 0. The largest absolute Gasteiger partial charge is 0.466 e. The van der Waals surface area contributed by atoms with Gasteiger partial charge in [-0.05, 0) is 57.1 Å². The van der Waals surface area contributed by atoms with Crippen LogP contribution in [0.3, 0.4) is 0 Å². The lowest BCUT2D eigenvalue weighted by molar-refractivity contribution is -0.143. The molecule has 0 spiro atoms. The van der Waals surface area contributed by atoms with Crippen molar-refractivity contribution in [1.82, 2.24) is 4.57 Å². The summed E-state index contributed by atoms with van der Waals surface area (Å²) >= 11 is 0. The van der Waals surface area contributed by atoms with Crippen LogP contribution in [0.2, 0.25) is 0 Å². The Hall–Kier alpha value is -1.77. The van der Waals surface area contributed by atoms with Crippen LogP contribution < -0.4 is 0 Å². The molecular formula is C20H27NO2. The fraction of sp³-hybridized carbons (Fsp3) is 0.550. The Balaban J connectivity index is 1.63. The molecule has 1 aromatic carbocycles. The van der Waals surface area contributed by atoms with E-state index in [0.29, 0.717) is 13.0 Å². The number of rotatable bonds is 7. The average molecular weight is 313 g/mol. The van der Waals surface area contributed by atoms with Crippen LogP contribution >= 0.6 is 0 Å². The molecule has 0 saturated heterocycles. The zero-order chi connectivity index (χ0) is 16.1. The molecule has 0 radical (unpaired) electrons. The topological polar surface area (TPSA) is 31.2 Å². The molecule has 3 heteroatoms. The number of hydrogen-bond donors (Lipinski definition) is 0. The molecule has 0 amide bonds. The van der Waals surface area contributed by atoms with E-state index in [1.54, 1.807) is 11.3 Å². The molecule has 23 heavy (non-hydrogen) atoms.